The lowest BCUT2D eigenvalue weighted by atomic mass is 9.78. The van der Waals surface area contributed by atoms with Gasteiger partial charge in [-0.1, -0.05) is 19.9 Å². The first kappa shape index (κ1) is 20.1. The average Bonchev–Trinajstić information content (AvgIpc) is 2.60. The standard InChI is InChI=1S/C23H28N2O3/c1-6-28-21-10-7-16(12-19(21)15(2)26)22(27)24-18-8-9-20-17(11-18)13-25(5)14-23(20,3)4/h7-12H,6,13-14H2,1-5H3,(H,24,27). The van der Waals surface area contributed by atoms with Gasteiger partial charge in [-0.15, -0.1) is 0 Å². The molecule has 2 aromatic rings. The molecular weight excluding hydrogens is 352 g/mol. The zero-order valence-corrected chi connectivity index (χ0v) is 17.3. The SMILES string of the molecule is CCOc1ccc(C(=O)Nc2ccc3c(c2)CN(C)CC3(C)C)cc1C(C)=O. The van der Waals surface area contributed by atoms with Gasteiger partial charge in [-0.2, -0.15) is 0 Å². The summed E-state index contributed by atoms with van der Waals surface area (Å²) < 4.78 is 5.49. The van der Waals surface area contributed by atoms with E-state index in [9.17, 15) is 9.59 Å². The molecule has 148 valence electrons. The molecule has 3 rings (SSSR count). The summed E-state index contributed by atoms with van der Waals surface area (Å²) in [4.78, 5) is 26.9. The minimum absolute atomic E-state index is 0.0797. The number of hydrogen-bond acceptors (Lipinski definition) is 4. The van der Waals surface area contributed by atoms with Crippen LogP contribution in [0.25, 0.3) is 0 Å². The highest BCUT2D eigenvalue weighted by molar-refractivity contribution is 6.07. The Morgan fingerprint density at radius 2 is 1.93 bits per heavy atom. The van der Waals surface area contributed by atoms with Crippen molar-refractivity contribution in [3.63, 3.8) is 0 Å². The lowest BCUT2D eigenvalue weighted by Crippen LogP contribution is -2.39. The van der Waals surface area contributed by atoms with Gasteiger partial charge in [0.25, 0.3) is 5.91 Å². The van der Waals surface area contributed by atoms with Crippen LogP contribution in [0.4, 0.5) is 5.69 Å². The summed E-state index contributed by atoms with van der Waals surface area (Å²) in [5.41, 5.74) is 4.24. The van der Waals surface area contributed by atoms with E-state index < -0.39 is 0 Å². The Balaban J connectivity index is 1.85. The molecule has 1 aliphatic heterocycles. The molecule has 0 atom stereocenters. The van der Waals surface area contributed by atoms with Crippen LogP contribution in [0.2, 0.25) is 0 Å². The van der Waals surface area contributed by atoms with E-state index in [-0.39, 0.29) is 17.1 Å². The number of ketones is 1. The monoisotopic (exact) mass is 380 g/mol. The van der Waals surface area contributed by atoms with E-state index in [2.05, 4.69) is 37.2 Å². The van der Waals surface area contributed by atoms with E-state index in [1.807, 2.05) is 19.1 Å². The number of ether oxygens (including phenoxy) is 1. The van der Waals surface area contributed by atoms with Crippen LogP contribution >= 0.6 is 0 Å². The number of carbonyl (C=O) groups is 2. The van der Waals surface area contributed by atoms with Crippen LogP contribution < -0.4 is 10.1 Å². The van der Waals surface area contributed by atoms with Crippen molar-refractivity contribution < 1.29 is 14.3 Å². The number of anilines is 1. The van der Waals surface area contributed by atoms with Crippen molar-refractivity contribution in [3.8, 4) is 5.75 Å². The number of amides is 1. The topological polar surface area (TPSA) is 58.6 Å². The number of hydrogen-bond donors (Lipinski definition) is 1. The smallest absolute Gasteiger partial charge is 0.255 e. The summed E-state index contributed by atoms with van der Waals surface area (Å²) in [6, 6.07) is 11.1. The summed E-state index contributed by atoms with van der Waals surface area (Å²) >= 11 is 0. The highest BCUT2D eigenvalue weighted by Gasteiger charge is 2.30. The molecule has 0 bridgehead atoms. The number of fused-ring (bicyclic) bond motifs is 1. The maximum Gasteiger partial charge on any atom is 0.255 e. The van der Waals surface area contributed by atoms with Gasteiger partial charge >= 0.3 is 0 Å². The third-order valence-electron chi connectivity index (χ3n) is 5.12. The van der Waals surface area contributed by atoms with E-state index in [0.29, 0.717) is 23.5 Å². The van der Waals surface area contributed by atoms with Crippen LogP contribution in [-0.2, 0) is 12.0 Å². The van der Waals surface area contributed by atoms with Crippen LogP contribution in [0.3, 0.4) is 0 Å². The summed E-state index contributed by atoms with van der Waals surface area (Å²) in [6.45, 7) is 10.1. The fraction of sp³-hybridized carbons (Fsp3) is 0.391. The molecule has 0 fully saturated rings. The molecule has 5 heteroatoms. The molecule has 0 aliphatic carbocycles. The van der Waals surface area contributed by atoms with E-state index in [1.54, 1.807) is 18.2 Å². The van der Waals surface area contributed by atoms with E-state index >= 15 is 0 Å². The Morgan fingerprint density at radius 1 is 1.18 bits per heavy atom. The van der Waals surface area contributed by atoms with Gasteiger partial charge in [0.2, 0.25) is 0 Å². The molecular formula is C23H28N2O3. The van der Waals surface area contributed by atoms with Crippen LogP contribution in [0.15, 0.2) is 36.4 Å². The second kappa shape index (κ2) is 7.76. The molecule has 0 aromatic heterocycles. The van der Waals surface area contributed by atoms with Crippen LogP contribution in [0, 0.1) is 0 Å². The van der Waals surface area contributed by atoms with Gasteiger partial charge in [0.15, 0.2) is 5.78 Å². The van der Waals surface area contributed by atoms with Gasteiger partial charge in [0.1, 0.15) is 5.75 Å². The number of benzene rings is 2. The van der Waals surface area contributed by atoms with Gasteiger partial charge in [0.05, 0.1) is 12.2 Å². The Labute approximate surface area is 166 Å². The van der Waals surface area contributed by atoms with Gasteiger partial charge < -0.3 is 15.0 Å². The van der Waals surface area contributed by atoms with E-state index in [0.717, 1.165) is 18.8 Å². The third-order valence-corrected chi connectivity index (χ3v) is 5.12. The molecule has 1 N–H and O–H groups in total. The normalized spacial score (nSPS) is 15.6. The molecule has 5 nitrogen and oxygen atoms in total. The van der Waals surface area contributed by atoms with Crippen molar-refractivity contribution in [2.75, 3.05) is 25.5 Å². The summed E-state index contributed by atoms with van der Waals surface area (Å²) in [5, 5.41) is 2.96. The Kier molecular flexibility index (Phi) is 5.57. The molecule has 0 radical (unpaired) electrons. The highest BCUT2D eigenvalue weighted by Crippen LogP contribution is 2.34. The van der Waals surface area contributed by atoms with E-state index in [4.69, 9.17) is 4.74 Å². The van der Waals surface area contributed by atoms with Crippen molar-refractivity contribution in [1.29, 1.82) is 0 Å². The second-order valence-electron chi connectivity index (χ2n) is 8.08. The van der Waals surface area contributed by atoms with Crippen molar-refractivity contribution in [2.24, 2.45) is 0 Å². The fourth-order valence-electron chi connectivity index (χ4n) is 4.00. The Hall–Kier alpha value is -2.66. The van der Waals surface area contributed by atoms with E-state index in [1.165, 1.54) is 18.1 Å². The fourth-order valence-corrected chi connectivity index (χ4v) is 4.00. The number of nitrogens with one attached hydrogen (secondary N) is 1. The summed E-state index contributed by atoms with van der Waals surface area (Å²) in [5.74, 6) is 0.136. The minimum atomic E-state index is -0.242. The quantitative estimate of drug-likeness (QED) is 0.788. The molecule has 0 unspecified atom stereocenters. The predicted molar refractivity (Wildman–Crippen MR) is 111 cm³/mol. The van der Waals surface area contributed by atoms with Gasteiger partial charge in [0, 0.05) is 29.8 Å². The molecule has 2 aromatic carbocycles. The Bertz CT molecular complexity index is 918. The molecule has 0 saturated heterocycles. The first-order valence-corrected chi connectivity index (χ1v) is 9.62. The average molecular weight is 380 g/mol. The zero-order chi connectivity index (χ0) is 20.5. The number of nitrogens with zero attached hydrogens (tertiary/aromatic N) is 1. The molecule has 0 saturated carbocycles. The number of carbonyl (C=O) groups excluding carboxylic acids is 2. The Morgan fingerprint density at radius 3 is 2.61 bits per heavy atom. The van der Waals surface area contributed by atoms with Gasteiger partial charge in [-0.25, -0.2) is 0 Å². The van der Waals surface area contributed by atoms with Crippen molar-refractivity contribution in [3.05, 3.63) is 58.7 Å². The lowest BCUT2D eigenvalue weighted by Gasteiger charge is -2.38. The first-order chi connectivity index (χ1) is 13.2. The molecule has 1 aliphatic rings. The summed E-state index contributed by atoms with van der Waals surface area (Å²) in [6.07, 6.45) is 0. The highest BCUT2D eigenvalue weighted by atomic mass is 16.5. The third kappa shape index (κ3) is 4.09. The predicted octanol–water partition coefficient (Wildman–Crippen LogP) is 4.26. The van der Waals surface area contributed by atoms with Crippen molar-refractivity contribution >= 4 is 17.4 Å². The second-order valence-corrected chi connectivity index (χ2v) is 8.08. The number of Topliss-reactive ketones (excluding diaryl/α,β-unsaturated/α-hetero) is 1. The largest absolute Gasteiger partial charge is 0.493 e. The number of likely N-dealkylation sites (N-methyl/N-ethyl adjacent to an activating group) is 1. The molecule has 1 amide bonds. The minimum Gasteiger partial charge on any atom is -0.493 e. The van der Waals surface area contributed by atoms with Crippen molar-refractivity contribution in [2.45, 2.75) is 39.7 Å². The van der Waals surface area contributed by atoms with Crippen molar-refractivity contribution in [1.82, 2.24) is 4.90 Å². The first-order valence-electron chi connectivity index (χ1n) is 9.62. The number of rotatable bonds is 5. The maximum atomic E-state index is 12.7. The van der Waals surface area contributed by atoms with Crippen LogP contribution in [0.5, 0.6) is 5.75 Å². The molecule has 0 spiro atoms. The molecule has 1 heterocycles. The zero-order valence-electron chi connectivity index (χ0n) is 17.3. The lowest BCUT2D eigenvalue weighted by molar-refractivity contribution is 0.101. The molecule has 28 heavy (non-hydrogen) atoms. The van der Waals surface area contributed by atoms with Crippen LogP contribution in [-0.4, -0.2) is 36.8 Å². The van der Waals surface area contributed by atoms with Gasteiger partial charge in [-0.05, 0) is 62.4 Å². The summed E-state index contributed by atoms with van der Waals surface area (Å²) in [7, 11) is 2.11. The van der Waals surface area contributed by atoms with Gasteiger partial charge in [-0.3, -0.25) is 9.59 Å². The van der Waals surface area contributed by atoms with Crippen LogP contribution in [0.1, 0.15) is 59.5 Å². The maximum absolute atomic E-state index is 12.7.